The molecule has 0 aliphatic rings. The van der Waals surface area contributed by atoms with Crippen LogP contribution in [0.3, 0.4) is 0 Å². The summed E-state index contributed by atoms with van der Waals surface area (Å²) >= 11 is 0. The van der Waals surface area contributed by atoms with Crippen molar-refractivity contribution in [2.75, 3.05) is 0 Å². The molecule has 4 nitrogen and oxygen atoms in total. The van der Waals surface area contributed by atoms with E-state index >= 15 is 0 Å². The fourth-order valence-corrected chi connectivity index (χ4v) is 4.12. The average molecular weight is 315 g/mol. The van der Waals surface area contributed by atoms with E-state index in [9.17, 15) is 13.5 Å². The van der Waals surface area contributed by atoms with Crippen LogP contribution in [0, 0.1) is 6.92 Å². The molecule has 0 aliphatic carbocycles. The highest BCUT2D eigenvalue weighted by Crippen LogP contribution is 2.29. The Bertz CT molecular complexity index is 922. The molecule has 1 aromatic heterocycles. The smallest absolute Gasteiger partial charge is 0.268 e. The van der Waals surface area contributed by atoms with Gasteiger partial charge in [0, 0.05) is 5.39 Å². The van der Waals surface area contributed by atoms with Crippen molar-refractivity contribution in [2.45, 2.75) is 24.8 Å². The van der Waals surface area contributed by atoms with Crippen LogP contribution in [0.4, 0.5) is 0 Å². The van der Waals surface area contributed by atoms with E-state index in [0.29, 0.717) is 11.2 Å². The van der Waals surface area contributed by atoms with Crippen molar-refractivity contribution >= 4 is 20.9 Å². The first-order valence-corrected chi connectivity index (χ1v) is 8.46. The van der Waals surface area contributed by atoms with E-state index < -0.39 is 16.1 Å². The highest BCUT2D eigenvalue weighted by atomic mass is 32.2. The Balaban J connectivity index is 2.32. The van der Waals surface area contributed by atoms with E-state index in [0.717, 1.165) is 10.9 Å². The largest absolute Gasteiger partial charge is 0.387 e. The molecule has 1 N–H and O–H groups in total. The van der Waals surface area contributed by atoms with Gasteiger partial charge in [0.2, 0.25) is 0 Å². The molecule has 1 heterocycles. The summed E-state index contributed by atoms with van der Waals surface area (Å²) in [5.41, 5.74) is 1.92. The van der Waals surface area contributed by atoms with Crippen LogP contribution >= 0.6 is 0 Å². The summed E-state index contributed by atoms with van der Waals surface area (Å²) in [6.07, 6.45) is -0.882. The molecule has 0 spiro atoms. The van der Waals surface area contributed by atoms with Crippen LogP contribution in [0.15, 0.2) is 59.5 Å². The quantitative estimate of drug-likeness (QED) is 0.807. The van der Waals surface area contributed by atoms with Gasteiger partial charge in [-0.05, 0) is 38.1 Å². The maximum atomic E-state index is 13.0. The summed E-state index contributed by atoms with van der Waals surface area (Å²) in [4.78, 5) is 0.210. The van der Waals surface area contributed by atoms with Crippen molar-refractivity contribution in [3.63, 3.8) is 0 Å². The van der Waals surface area contributed by atoms with Crippen LogP contribution in [0.5, 0.6) is 0 Å². The molecule has 5 heteroatoms. The number of hydrogen-bond donors (Lipinski definition) is 1. The second-order valence-electron chi connectivity index (χ2n) is 5.39. The standard InChI is InChI=1S/C17H17NO3S/c1-12-7-9-15(10-8-12)22(20,21)18-16-6-4-3-5-14(16)11-17(18)13(2)19/h3-11,13,19H,1-2H3. The number of aryl methyl sites for hydroxylation is 1. The van der Waals surface area contributed by atoms with Crippen molar-refractivity contribution in [3.05, 3.63) is 65.9 Å². The summed E-state index contributed by atoms with van der Waals surface area (Å²) < 4.78 is 27.2. The van der Waals surface area contributed by atoms with E-state index in [2.05, 4.69) is 0 Å². The van der Waals surface area contributed by atoms with Crippen molar-refractivity contribution in [1.29, 1.82) is 0 Å². The first-order valence-electron chi connectivity index (χ1n) is 7.02. The monoisotopic (exact) mass is 315 g/mol. The van der Waals surface area contributed by atoms with Crippen LogP contribution < -0.4 is 0 Å². The lowest BCUT2D eigenvalue weighted by molar-refractivity contribution is 0.193. The number of aromatic nitrogens is 1. The van der Waals surface area contributed by atoms with Gasteiger partial charge in [0.1, 0.15) is 0 Å². The SMILES string of the molecule is Cc1ccc(S(=O)(=O)n2c(C(C)O)cc3ccccc32)cc1. The van der Waals surface area contributed by atoms with Gasteiger partial charge >= 0.3 is 0 Å². The molecule has 0 saturated heterocycles. The third-order valence-electron chi connectivity index (χ3n) is 3.68. The average Bonchev–Trinajstić information content (AvgIpc) is 2.88. The minimum atomic E-state index is -3.76. The van der Waals surface area contributed by atoms with E-state index in [1.54, 1.807) is 49.4 Å². The van der Waals surface area contributed by atoms with Crippen LogP contribution in [-0.4, -0.2) is 17.5 Å². The van der Waals surface area contributed by atoms with Crippen molar-refractivity contribution in [2.24, 2.45) is 0 Å². The topological polar surface area (TPSA) is 59.3 Å². The molecule has 1 unspecified atom stereocenters. The van der Waals surface area contributed by atoms with Crippen LogP contribution in [0.2, 0.25) is 0 Å². The number of aliphatic hydroxyl groups is 1. The lowest BCUT2D eigenvalue weighted by Crippen LogP contribution is -2.16. The molecule has 0 bridgehead atoms. The zero-order chi connectivity index (χ0) is 15.9. The number of nitrogens with zero attached hydrogens (tertiary/aromatic N) is 1. The van der Waals surface area contributed by atoms with Gasteiger partial charge in [-0.15, -0.1) is 0 Å². The number of hydrogen-bond acceptors (Lipinski definition) is 3. The molecule has 0 radical (unpaired) electrons. The summed E-state index contributed by atoms with van der Waals surface area (Å²) in [6, 6.07) is 15.6. The van der Waals surface area contributed by atoms with Crippen LogP contribution in [-0.2, 0) is 10.0 Å². The molecule has 22 heavy (non-hydrogen) atoms. The molecular weight excluding hydrogens is 298 g/mol. The fraction of sp³-hybridized carbons (Fsp3) is 0.176. The van der Waals surface area contributed by atoms with Gasteiger partial charge in [0.15, 0.2) is 0 Å². The van der Waals surface area contributed by atoms with Gasteiger partial charge in [-0.25, -0.2) is 12.4 Å². The Labute approximate surface area is 129 Å². The molecule has 0 saturated carbocycles. The van der Waals surface area contributed by atoms with Crippen molar-refractivity contribution < 1.29 is 13.5 Å². The summed E-state index contributed by atoms with van der Waals surface area (Å²) in [5, 5.41) is 10.8. The molecule has 1 atom stereocenters. The van der Waals surface area contributed by atoms with Crippen LogP contribution in [0.25, 0.3) is 10.9 Å². The number of para-hydroxylation sites is 1. The minimum absolute atomic E-state index is 0.210. The third-order valence-corrected chi connectivity index (χ3v) is 5.44. The maximum Gasteiger partial charge on any atom is 0.268 e. The van der Waals surface area contributed by atoms with Gasteiger partial charge in [0.25, 0.3) is 10.0 Å². The maximum absolute atomic E-state index is 13.0. The van der Waals surface area contributed by atoms with Gasteiger partial charge < -0.3 is 5.11 Å². The Hall–Kier alpha value is -2.11. The summed E-state index contributed by atoms with van der Waals surface area (Å²) in [7, 11) is -3.76. The fourth-order valence-electron chi connectivity index (χ4n) is 2.53. The molecule has 0 amide bonds. The Morgan fingerprint density at radius 3 is 2.32 bits per heavy atom. The van der Waals surface area contributed by atoms with E-state index in [1.165, 1.54) is 3.97 Å². The highest BCUT2D eigenvalue weighted by molar-refractivity contribution is 7.90. The summed E-state index contributed by atoms with van der Waals surface area (Å²) in [5.74, 6) is 0. The Morgan fingerprint density at radius 1 is 1.05 bits per heavy atom. The predicted octanol–water partition coefficient (Wildman–Crippen LogP) is 3.24. The molecule has 3 rings (SSSR count). The Kier molecular flexibility index (Phi) is 3.54. The number of aliphatic hydroxyl groups excluding tert-OH is 1. The first-order chi connectivity index (χ1) is 10.4. The molecule has 3 aromatic rings. The second kappa shape index (κ2) is 5.26. The van der Waals surface area contributed by atoms with Gasteiger partial charge in [-0.3, -0.25) is 0 Å². The third kappa shape index (κ3) is 2.32. The van der Waals surface area contributed by atoms with Gasteiger partial charge in [-0.1, -0.05) is 35.9 Å². The normalized spacial score (nSPS) is 13.4. The molecule has 0 aliphatic heterocycles. The van der Waals surface area contributed by atoms with Gasteiger partial charge in [0.05, 0.1) is 22.2 Å². The highest BCUT2D eigenvalue weighted by Gasteiger charge is 2.24. The summed E-state index contributed by atoms with van der Waals surface area (Å²) in [6.45, 7) is 3.47. The molecule has 0 fully saturated rings. The Morgan fingerprint density at radius 2 is 1.68 bits per heavy atom. The zero-order valence-electron chi connectivity index (χ0n) is 12.4. The number of fused-ring (bicyclic) bond motifs is 1. The van der Waals surface area contributed by atoms with Crippen LogP contribution in [0.1, 0.15) is 24.3 Å². The molecular formula is C17H17NO3S. The van der Waals surface area contributed by atoms with E-state index in [-0.39, 0.29) is 4.90 Å². The van der Waals surface area contributed by atoms with Gasteiger partial charge in [-0.2, -0.15) is 0 Å². The second-order valence-corrected chi connectivity index (χ2v) is 7.17. The van der Waals surface area contributed by atoms with E-state index in [1.807, 2.05) is 19.1 Å². The lowest BCUT2D eigenvalue weighted by atomic mass is 10.2. The number of benzene rings is 2. The minimum Gasteiger partial charge on any atom is -0.387 e. The van der Waals surface area contributed by atoms with Crippen molar-refractivity contribution in [3.8, 4) is 0 Å². The molecule has 2 aromatic carbocycles. The number of rotatable bonds is 3. The lowest BCUT2D eigenvalue weighted by Gasteiger charge is -2.13. The zero-order valence-corrected chi connectivity index (χ0v) is 13.2. The molecule has 114 valence electrons. The van der Waals surface area contributed by atoms with E-state index in [4.69, 9.17) is 0 Å². The predicted molar refractivity (Wildman–Crippen MR) is 86.3 cm³/mol. The first kappa shape index (κ1) is 14.8. The van der Waals surface area contributed by atoms with Crippen molar-refractivity contribution in [1.82, 2.24) is 3.97 Å².